The number of aliphatic carboxylic acids is 1. The summed E-state index contributed by atoms with van der Waals surface area (Å²) in [7, 11) is 0. The number of carboxylic acids is 1. The Hall–Kier alpha value is -1.35. The standard InChI is InChI=1S/C13H13BrO2/c1-10(13(15)16)7-8-12(14)9-11-5-3-2-4-6-11/h2-6,9H,1,7-8H2,(H,15,16). The largest absolute Gasteiger partial charge is 0.478 e. The Balaban J connectivity index is 2.53. The second kappa shape index (κ2) is 6.28. The highest BCUT2D eigenvalue weighted by atomic mass is 79.9. The van der Waals surface area contributed by atoms with Crippen molar-refractivity contribution in [2.75, 3.05) is 0 Å². The Labute approximate surface area is 103 Å². The first-order chi connectivity index (χ1) is 7.59. The Kier molecular flexibility index (Phi) is 4.99. The SMILES string of the molecule is C=C(CCC(Br)=Cc1ccccc1)C(=O)O. The molecule has 0 aliphatic heterocycles. The lowest BCUT2D eigenvalue weighted by Gasteiger charge is -2.00. The maximum atomic E-state index is 10.5. The highest BCUT2D eigenvalue weighted by molar-refractivity contribution is 9.11. The fraction of sp³-hybridized carbons (Fsp3) is 0.154. The molecule has 0 bridgehead atoms. The molecule has 1 rings (SSSR count). The number of rotatable bonds is 5. The van der Waals surface area contributed by atoms with E-state index in [1.807, 2.05) is 36.4 Å². The number of allylic oxidation sites excluding steroid dienone is 1. The number of halogens is 1. The molecule has 0 atom stereocenters. The molecular formula is C13H13BrO2. The van der Waals surface area contributed by atoms with Gasteiger partial charge in [-0.1, -0.05) is 52.8 Å². The number of hydrogen-bond acceptors (Lipinski definition) is 1. The second-order valence-corrected chi connectivity index (χ2v) is 4.43. The van der Waals surface area contributed by atoms with E-state index in [4.69, 9.17) is 5.11 Å². The molecule has 1 aromatic rings. The van der Waals surface area contributed by atoms with E-state index < -0.39 is 5.97 Å². The molecule has 16 heavy (non-hydrogen) atoms. The van der Waals surface area contributed by atoms with Crippen molar-refractivity contribution in [1.82, 2.24) is 0 Å². The zero-order valence-corrected chi connectivity index (χ0v) is 10.4. The van der Waals surface area contributed by atoms with Crippen LogP contribution in [0.4, 0.5) is 0 Å². The fourth-order valence-corrected chi connectivity index (χ4v) is 1.64. The van der Waals surface area contributed by atoms with Gasteiger partial charge in [-0.15, -0.1) is 0 Å². The van der Waals surface area contributed by atoms with Crippen molar-refractivity contribution in [1.29, 1.82) is 0 Å². The highest BCUT2D eigenvalue weighted by Crippen LogP contribution is 2.19. The van der Waals surface area contributed by atoms with Gasteiger partial charge in [0.15, 0.2) is 0 Å². The Morgan fingerprint density at radius 3 is 2.50 bits per heavy atom. The topological polar surface area (TPSA) is 37.3 Å². The average Bonchev–Trinajstić information content (AvgIpc) is 2.27. The molecule has 0 fully saturated rings. The van der Waals surface area contributed by atoms with E-state index in [0.717, 1.165) is 10.0 Å². The van der Waals surface area contributed by atoms with Crippen LogP contribution < -0.4 is 0 Å². The minimum Gasteiger partial charge on any atom is -0.478 e. The van der Waals surface area contributed by atoms with Crippen LogP contribution in [0.5, 0.6) is 0 Å². The average molecular weight is 281 g/mol. The van der Waals surface area contributed by atoms with Crippen molar-refractivity contribution in [3.05, 3.63) is 52.5 Å². The third kappa shape index (κ3) is 4.45. The molecule has 0 amide bonds. The minimum absolute atomic E-state index is 0.235. The maximum Gasteiger partial charge on any atom is 0.330 e. The smallest absolute Gasteiger partial charge is 0.330 e. The molecule has 0 aromatic heterocycles. The summed E-state index contributed by atoms with van der Waals surface area (Å²) in [4.78, 5) is 10.5. The molecule has 1 N–H and O–H groups in total. The molecule has 3 heteroatoms. The molecule has 0 unspecified atom stereocenters. The van der Waals surface area contributed by atoms with E-state index in [1.165, 1.54) is 0 Å². The molecular weight excluding hydrogens is 268 g/mol. The quantitative estimate of drug-likeness (QED) is 0.832. The number of hydrogen-bond donors (Lipinski definition) is 1. The molecule has 84 valence electrons. The third-order valence-electron chi connectivity index (χ3n) is 2.09. The van der Waals surface area contributed by atoms with Gasteiger partial charge in [0.2, 0.25) is 0 Å². The van der Waals surface area contributed by atoms with Gasteiger partial charge in [-0.05, 0) is 29.0 Å². The predicted octanol–water partition coefficient (Wildman–Crippen LogP) is 3.84. The van der Waals surface area contributed by atoms with Crippen LogP contribution in [0, 0.1) is 0 Å². The molecule has 0 saturated heterocycles. The molecule has 0 spiro atoms. The third-order valence-corrected chi connectivity index (χ3v) is 2.72. The van der Waals surface area contributed by atoms with Crippen molar-refractivity contribution in [2.24, 2.45) is 0 Å². The van der Waals surface area contributed by atoms with Gasteiger partial charge in [0.25, 0.3) is 0 Å². The zero-order chi connectivity index (χ0) is 12.0. The lowest BCUT2D eigenvalue weighted by molar-refractivity contribution is -0.132. The van der Waals surface area contributed by atoms with Crippen LogP contribution in [0.25, 0.3) is 6.08 Å². The summed E-state index contributed by atoms with van der Waals surface area (Å²) >= 11 is 3.42. The van der Waals surface area contributed by atoms with Crippen LogP contribution in [0.3, 0.4) is 0 Å². The van der Waals surface area contributed by atoms with Gasteiger partial charge in [-0.25, -0.2) is 4.79 Å². The van der Waals surface area contributed by atoms with E-state index in [0.29, 0.717) is 12.8 Å². The molecule has 0 aliphatic carbocycles. The minimum atomic E-state index is -0.931. The summed E-state index contributed by atoms with van der Waals surface area (Å²) < 4.78 is 0.973. The lowest BCUT2D eigenvalue weighted by Crippen LogP contribution is -1.98. The van der Waals surface area contributed by atoms with Gasteiger partial charge in [0, 0.05) is 5.57 Å². The lowest BCUT2D eigenvalue weighted by atomic mass is 10.1. The summed E-state index contributed by atoms with van der Waals surface area (Å²) in [6.45, 7) is 3.49. The van der Waals surface area contributed by atoms with Gasteiger partial charge in [-0.3, -0.25) is 0 Å². The highest BCUT2D eigenvalue weighted by Gasteiger charge is 2.04. The van der Waals surface area contributed by atoms with E-state index in [-0.39, 0.29) is 5.57 Å². The van der Waals surface area contributed by atoms with Crippen molar-refractivity contribution < 1.29 is 9.90 Å². The summed E-state index contributed by atoms with van der Waals surface area (Å²) in [5.74, 6) is -0.931. The predicted molar refractivity (Wildman–Crippen MR) is 69.4 cm³/mol. The van der Waals surface area contributed by atoms with Crippen molar-refractivity contribution in [3.8, 4) is 0 Å². The van der Waals surface area contributed by atoms with Crippen LogP contribution in [-0.2, 0) is 4.79 Å². The first-order valence-electron chi connectivity index (χ1n) is 4.92. The summed E-state index contributed by atoms with van der Waals surface area (Å²) in [6, 6.07) is 9.86. The second-order valence-electron chi connectivity index (χ2n) is 3.41. The normalized spacial score (nSPS) is 11.2. The van der Waals surface area contributed by atoms with E-state index in [2.05, 4.69) is 22.5 Å². The van der Waals surface area contributed by atoms with Crippen LogP contribution in [0.1, 0.15) is 18.4 Å². The molecule has 0 saturated carbocycles. The molecule has 2 nitrogen and oxygen atoms in total. The van der Waals surface area contributed by atoms with Crippen LogP contribution in [0.2, 0.25) is 0 Å². The molecule has 0 aliphatic rings. The van der Waals surface area contributed by atoms with Crippen LogP contribution in [-0.4, -0.2) is 11.1 Å². The molecule has 0 radical (unpaired) electrons. The number of carbonyl (C=O) groups is 1. The number of benzene rings is 1. The molecule has 0 heterocycles. The van der Waals surface area contributed by atoms with Gasteiger partial charge >= 0.3 is 5.97 Å². The first-order valence-corrected chi connectivity index (χ1v) is 5.71. The van der Waals surface area contributed by atoms with E-state index in [9.17, 15) is 4.79 Å². The van der Waals surface area contributed by atoms with E-state index >= 15 is 0 Å². The van der Waals surface area contributed by atoms with Gasteiger partial charge < -0.3 is 5.11 Å². The Morgan fingerprint density at radius 1 is 1.31 bits per heavy atom. The Bertz CT molecular complexity index is 407. The van der Waals surface area contributed by atoms with Crippen molar-refractivity contribution >= 4 is 28.0 Å². The Morgan fingerprint density at radius 2 is 1.94 bits per heavy atom. The van der Waals surface area contributed by atoms with Gasteiger partial charge in [0.05, 0.1) is 0 Å². The van der Waals surface area contributed by atoms with E-state index in [1.54, 1.807) is 0 Å². The van der Waals surface area contributed by atoms with Crippen molar-refractivity contribution in [3.63, 3.8) is 0 Å². The first kappa shape index (κ1) is 12.7. The summed E-state index contributed by atoms with van der Waals surface area (Å²) in [5.41, 5.74) is 1.33. The van der Waals surface area contributed by atoms with Crippen LogP contribution in [0.15, 0.2) is 47.0 Å². The maximum absolute atomic E-state index is 10.5. The fourth-order valence-electron chi connectivity index (χ4n) is 1.18. The molecule has 1 aromatic carbocycles. The number of carboxylic acid groups (broad SMARTS) is 1. The van der Waals surface area contributed by atoms with Gasteiger partial charge in [0.1, 0.15) is 0 Å². The zero-order valence-electron chi connectivity index (χ0n) is 8.82. The van der Waals surface area contributed by atoms with Gasteiger partial charge in [-0.2, -0.15) is 0 Å². The summed E-state index contributed by atoms with van der Waals surface area (Å²) in [6.07, 6.45) is 3.09. The monoisotopic (exact) mass is 280 g/mol. The van der Waals surface area contributed by atoms with Crippen molar-refractivity contribution in [2.45, 2.75) is 12.8 Å². The summed E-state index contributed by atoms with van der Waals surface area (Å²) in [5, 5.41) is 8.65. The van der Waals surface area contributed by atoms with Crippen LogP contribution >= 0.6 is 15.9 Å².